The Bertz CT molecular complexity index is 932. The standard InChI is InChI=1S/C14H8F3N3O.C6H13N/c15-14(16,17)12-7-11(9-4-2-1-3-5-9)18-13-6-10(8-21)19-20(12)13;1-7-5-3-2-4-6-7/h1-8H;2-6H2,1H3. The Morgan fingerprint density at radius 2 is 1.71 bits per heavy atom. The number of halogens is 3. The summed E-state index contributed by atoms with van der Waals surface area (Å²) in [5.41, 5.74) is -0.365. The van der Waals surface area contributed by atoms with Crippen LogP contribution >= 0.6 is 0 Å². The van der Waals surface area contributed by atoms with Crippen LogP contribution in [0.3, 0.4) is 0 Å². The summed E-state index contributed by atoms with van der Waals surface area (Å²) in [5.74, 6) is 0. The molecule has 3 heterocycles. The first-order chi connectivity index (χ1) is 13.4. The quantitative estimate of drug-likeness (QED) is 0.611. The lowest BCUT2D eigenvalue weighted by atomic mass is 10.1. The van der Waals surface area contributed by atoms with Gasteiger partial charge < -0.3 is 4.90 Å². The average molecular weight is 390 g/mol. The highest BCUT2D eigenvalue weighted by atomic mass is 19.4. The number of nitrogens with zero attached hydrogens (tertiary/aromatic N) is 4. The molecular formula is C20H21F3N4O. The van der Waals surface area contributed by atoms with Crippen molar-refractivity contribution in [1.82, 2.24) is 19.5 Å². The largest absolute Gasteiger partial charge is 0.433 e. The molecule has 1 saturated heterocycles. The molecule has 3 aromatic rings. The van der Waals surface area contributed by atoms with Crippen LogP contribution in [-0.2, 0) is 6.18 Å². The van der Waals surface area contributed by atoms with Crippen LogP contribution < -0.4 is 0 Å². The summed E-state index contributed by atoms with van der Waals surface area (Å²) in [6.45, 7) is 2.64. The van der Waals surface area contributed by atoms with Gasteiger partial charge in [0.05, 0.1) is 5.69 Å². The number of hydrogen-bond acceptors (Lipinski definition) is 4. The second-order valence-electron chi connectivity index (χ2n) is 6.71. The SMILES string of the molecule is CN1CCCCC1.O=Cc1cc2nc(-c3ccccc3)cc(C(F)(F)F)n2n1. The Balaban J connectivity index is 0.000000271. The predicted molar refractivity (Wildman–Crippen MR) is 100 cm³/mol. The maximum atomic E-state index is 13.1. The molecule has 1 aromatic carbocycles. The summed E-state index contributed by atoms with van der Waals surface area (Å²) < 4.78 is 40.1. The highest BCUT2D eigenvalue weighted by Gasteiger charge is 2.35. The Morgan fingerprint density at radius 3 is 2.25 bits per heavy atom. The van der Waals surface area contributed by atoms with Gasteiger partial charge in [0.15, 0.2) is 17.6 Å². The number of fused-ring (bicyclic) bond motifs is 1. The maximum absolute atomic E-state index is 13.1. The van der Waals surface area contributed by atoms with Crippen LogP contribution in [0.4, 0.5) is 13.2 Å². The third kappa shape index (κ3) is 4.75. The summed E-state index contributed by atoms with van der Waals surface area (Å²) in [6.07, 6.45) is 0.0608. The van der Waals surface area contributed by atoms with Gasteiger partial charge in [-0.3, -0.25) is 4.79 Å². The Labute approximate surface area is 160 Å². The third-order valence-corrected chi connectivity index (χ3v) is 4.51. The molecule has 1 aliphatic rings. The monoisotopic (exact) mass is 390 g/mol. The maximum Gasteiger partial charge on any atom is 0.433 e. The van der Waals surface area contributed by atoms with Gasteiger partial charge in [-0.15, -0.1) is 0 Å². The van der Waals surface area contributed by atoms with Gasteiger partial charge in [-0.25, -0.2) is 9.50 Å². The first kappa shape index (κ1) is 20.0. The normalized spacial score (nSPS) is 15.1. The second kappa shape index (κ2) is 8.52. The van der Waals surface area contributed by atoms with Crippen molar-refractivity contribution >= 4 is 11.9 Å². The van der Waals surface area contributed by atoms with Crippen LogP contribution in [0.25, 0.3) is 16.9 Å². The van der Waals surface area contributed by atoms with Gasteiger partial charge in [-0.05, 0) is 39.0 Å². The van der Waals surface area contributed by atoms with Crippen molar-refractivity contribution in [2.24, 2.45) is 0 Å². The molecule has 1 aliphatic heterocycles. The number of alkyl halides is 3. The Hall–Kier alpha value is -2.74. The van der Waals surface area contributed by atoms with E-state index in [0.717, 1.165) is 6.07 Å². The molecule has 0 atom stereocenters. The van der Waals surface area contributed by atoms with Crippen LogP contribution in [0.2, 0.25) is 0 Å². The molecule has 5 nitrogen and oxygen atoms in total. The number of hydrogen-bond donors (Lipinski definition) is 0. The van der Waals surface area contributed by atoms with Gasteiger partial charge in [-0.2, -0.15) is 18.3 Å². The first-order valence-corrected chi connectivity index (χ1v) is 9.05. The zero-order valence-electron chi connectivity index (χ0n) is 15.5. The first-order valence-electron chi connectivity index (χ1n) is 9.05. The van der Waals surface area contributed by atoms with Gasteiger partial charge in [-0.1, -0.05) is 36.8 Å². The molecule has 0 radical (unpaired) electrons. The number of carbonyl (C=O) groups excluding carboxylic acids is 1. The van der Waals surface area contributed by atoms with Gasteiger partial charge in [0.25, 0.3) is 0 Å². The summed E-state index contributed by atoms with van der Waals surface area (Å²) in [7, 11) is 2.19. The van der Waals surface area contributed by atoms with Crippen LogP contribution in [-0.4, -0.2) is 45.9 Å². The zero-order chi connectivity index (χ0) is 20.1. The van der Waals surface area contributed by atoms with Crippen molar-refractivity contribution in [3.8, 4) is 11.3 Å². The Kier molecular flexibility index (Phi) is 6.08. The minimum absolute atomic E-state index is 0.0224. The van der Waals surface area contributed by atoms with E-state index in [4.69, 9.17) is 0 Å². The molecule has 0 bridgehead atoms. The molecule has 0 spiro atoms. The van der Waals surface area contributed by atoms with E-state index in [2.05, 4.69) is 22.0 Å². The molecule has 1 fully saturated rings. The molecule has 0 N–H and O–H groups in total. The van der Waals surface area contributed by atoms with Crippen LogP contribution in [0.1, 0.15) is 35.4 Å². The number of aromatic nitrogens is 3. The van der Waals surface area contributed by atoms with Gasteiger partial charge >= 0.3 is 6.18 Å². The topological polar surface area (TPSA) is 50.5 Å². The number of aldehydes is 1. The van der Waals surface area contributed by atoms with E-state index in [1.54, 1.807) is 30.3 Å². The van der Waals surface area contributed by atoms with E-state index >= 15 is 0 Å². The average Bonchev–Trinajstić information content (AvgIpc) is 3.11. The van der Waals surface area contributed by atoms with Crippen LogP contribution in [0, 0.1) is 0 Å². The van der Waals surface area contributed by atoms with Crippen molar-refractivity contribution in [2.75, 3.05) is 20.1 Å². The van der Waals surface area contributed by atoms with Crippen molar-refractivity contribution in [1.29, 1.82) is 0 Å². The molecule has 0 amide bonds. The second-order valence-corrected chi connectivity index (χ2v) is 6.71. The molecule has 8 heteroatoms. The molecule has 148 valence electrons. The highest BCUT2D eigenvalue weighted by molar-refractivity contribution is 5.75. The molecule has 0 aliphatic carbocycles. The smallest absolute Gasteiger partial charge is 0.306 e. The van der Waals surface area contributed by atoms with Crippen LogP contribution in [0.15, 0.2) is 42.5 Å². The number of benzene rings is 1. The molecular weight excluding hydrogens is 369 g/mol. The van der Waals surface area contributed by atoms with E-state index in [9.17, 15) is 18.0 Å². The van der Waals surface area contributed by atoms with E-state index in [1.807, 2.05) is 0 Å². The minimum Gasteiger partial charge on any atom is -0.306 e. The van der Waals surface area contributed by atoms with E-state index < -0.39 is 11.9 Å². The number of likely N-dealkylation sites (tertiary alicyclic amines) is 1. The van der Waals surface area contributed by atoms with E-state index in [1.165, 1.54) is 38.4 Å². The fourth-order valence-corrected chi connectivity index (χ4v) is 3.06. The van der Waals surface area contributed by atoms with E-state index in [-0.39, 0.29) is 17.0 Å². The predicted octanol–water partition coefficient (Wildman–Crippen LogP) is 4.33. The zero-order valence-corrected chi connectivity index (χ0v) is 15.5. The van der Waals surface area contributed by atoms with Crippen molar-refractivity contribution in [3.63, 3.8) is 0 Å². The lowest BCUT2D eigenvalue weighted by Crippen LogP contribution is -2.24. The summed E-state index contributed by atoms with van der Waals surface area (Å²) >= 11 is 0. The molecule has 0 unspecified atom stereocenters. The van der Waals surface area contributed by atoms with Crippen molar-refractivity contribution < 1.29 is 18.0 Å². The lowest BCUT2D eigenvalue weighted by Gasteiger charge is -2.20. The highest BCUT2D eigenvalue weighted by Crippen LogP contribution is 2.32. The molecule has 0 saturated carbocycles. The molecule has 4 rings (SSSR count). The number of piperidine rings is 1. The molecule has 28 heavy (non-hydrogen) atoms. The third-order valence-electron chi connectivity index (χ3n) is 4.51. The Morgan fingerprint density at radius 1 is 1.04 bits per heavy atom. The van der Waals surface area contributed by atoms with Gasteiger partial charge in [0.1, 0.15) is 5.69 Å². The fraction of sp³-hybridized carbons (Fsp3) is 0.350. The fourth-order valence-electron chi connectivity index (χ4n) is 3.06. The summed E-state index contributed by atoms with van der Waals surface area (Å²) in [4.78, 5) is 17.2. The van der Waals surface area contributed by atoms with Crippen LogP contribution in [0.5, 0.6) is 0 Å². The van der Waals surface area contributed by atoms with Gasteiger partial charge in [0, 0.05) is 11.6 Å². The number of rotatable bonds is 2. The molecule has 2 aromatic heterocycles. The minimum atomic E-state index is -4.60. The summed E-state index contributed by atoms with van der Waals surface area (Å²) in [6, 6.07) is 10.6. The van der Waals surface area contributed by atoms with E-state index in [0.29, 0.717) is 16.4 Å². The van der Waals surface area contributed by atoms with Crippen molar-refractivity contribution in [3.05, 3.63) is 53.9 Å². The summed E-state index contributed by atoms with van der Waals surface area (Å²) in [5, 5.41) is 3.60. The van der Waals surface area contributed by atoms with Gasteiger partial charge in [0.2, 0.25) is 0 Å². The lowest BCUT2D eigenvalue weighted by molar-refractivity contribution is -0.142. The number of carbonyl (C=O) groups is 1. The van der Waals surface area contributed by atoms with Crippen molar-refractivity contribution in [2.45, 2.75) is 25.4 Å².